The molecule has 3 rings (SSSR count). The second-order valence-corrected chi connectivity index (χ2v) is 6.45. The normalized spacial score (nSPS) is 24.2. The molecule has 23 heavy (non-hydrogen) atoms. The molecule has 120 valence electrons. The summed E-state index contributed by atoms with van der Waals surface area (Å²) in [7, 11) is 0. The van der Waals surface area contributed by atoms with Gasteiger partial charge in [0.15, 0.2) is 5.82 Å². The zero-order valence-corrected chi connectivity index (χ0v) is 13.3. The molecule has 1 aliphatic rings. The molecular formula is C18H22N4O. The van der Waals surface area contributed by atoms with E-state index in [-0.39, 0.29) is 11.8 Å². The van der Waals surface area contributed by atoms with Gasteiger partial charge in [-0.2, -0.15) is 0 Å². The van der Waals surface area contributed by atoms with Crippen LogP contribution in [0, 0.1) is 5.92 Å². The van der Waals surface area contributed by atoms with Gasteiger partial charge in [0.2, 0.25) is 5.91 Å². The summed E-state index contributed by atoms with van der Waals surface area (Å²) in [6.45, 7) is 1.96. The maximum atomic E-state index is 12.5. The predicted molar refractivity (Wildman–Crippen MR) is 90.6 cm³/mol. The van der Waals surface area contributed by atoms with E-state index in [1.807, 2.05) is 37.3 Å². The van der Waals surface area contributed by atoms with Gasteiger partial charge < -0.3 is 11.1 Å². The van der Waals surface area contributed by atoms with Crippen molar-refractivity contribution in [3.8, 4) is 11.4 Å². The third kappa shape index (κ3) is 3.56. The van der Waals surface area contributed by atoms with Crippen LogP contribution in [0.3, 0.4) is 0 Å². The fraction of sp³-hybridized carbons (Fsp3) is 0.389. The number of nitrogens with zero attached hydrogens (tertiary/aromatic N) is 2. The molecule has 0 aliphatic heterocycles. The maximum Gasteiger partial charge on any atom is 0.229 e. The zero-order valence-electron chi connectivity index (χ0n) is 13.3. The number of hydrogen-bond donors (Lipinski definition) is 2. The number of nitrogens with two attached hydrogens (primary N) is 1. The standard InChI is InChI=1S/C18H22N4O/c1-18(19)10-6-5-9-15(18)17(23)22-14-11-20-16(21-12-14)13-7-3-2-4-8-13/h2-4,7-8,11-12,15H,5-6,9-10,19H2,1H3,(H,22,23). The number of carbonyl (C=O) groups is 1. The second-order valence-electron chi connectivity index (χ2n) is 6.45. The van der Waals surface area contributed by atoms with Crippen LogP contribution in [-0.2, 0) is 4.79 Å². The van der Waals surface area contributed by atoms with Crippen LogP contribution in [0.1, 0.15) is 32.6 Å². The number of anilines is 1. The summed E-state index contributed by atoms with van der Waals surface area (Å²) in [5.74, 6) is 0.445. The molecule has 1 saturated carbocycles. The van der Waals surface area contributed by atoms with Gasteiger partial charge >= 0.3 is 0 Å². The van der Waals surface area contributed by atoms with Gasteiger partial charge in [-0.3, -0.25) is 4.79 Å². The summed E-state index contributed by atoms with van der Waals surface area (Å²) in [5.41, 5.74) is 7.41. The van der Waals surface area contributed by atoms with Crippen molar-refractivity contribution < 1.29 is 4.79 Å². The van der Waals surface area contributed by atoms with Crippen molar-refractivity contribution in [2.75, 3.05) is 5.32 Å². The van der Waals surface area contributed by atoms with E-state index < -0.39 is 5.54 Å². The number of amides is 1. The number of carbonyl (C=O) groups excluding carboxylic acids is 1. The summed E-state index contributed by atoms with van der Waals surface area (Å²) in [6.07, 6.45) is 7.14. The van der Waals surface area contributed by atoms with Gasteiger partial charge in [0.05, 0.1) is 24.0 Å². The van der Waals surface area contributed by atoms with Crippen LogP contribution in [0.15, 0.2) is 42.7 Å². The molecule has 2 atom stereocenters. The highest BCUT2D eigenvalue weighted by molar-refractivity contribution is 5.93. The Morgan fingerprint density at radius 1 is 1.22 bits per heavy atom. The zero-order chi connectivity index (χ0) is 16.3. The molecule has 5 nitrogen and oxygen atoms in total. The number of aromatic nitrogens is 2. The van der Waals surface area contributed by atoms with Gasteiger partial charge in [-0.25, -0.2) is 9.97 Å². The lowest BCUT2D eigenvalue weighted by molar-refractivity contribution is -0.122. The molecule has 1 aromatic heterocycles. The highest BCUT2D eigenvalue weighted by atomic mass is 16.2. The highest BCUT2D eigenvalue weighted by Crippen LogP contribution is 2.32. The van der Waals surface area contributed by atoms with E-state index in [0.29, 0.717) is 11.5 Å². The van der Waals surface area contributed by atoms with E-state index in [1.165, 1.54) is 0 Å². The molecule has 0 saturated heterocycles. The van der Waals surface area contributed by atoms with Gasteiger partial charge in [0, 0.05) is 11.1 Å². The van der Waals surface area contributed by atoms with Crippen LogP contribution >= 0.6 is 0 Å². The summed E-state index contributed by atoms with van der Waals surface area (Å²) >= 11 is 0. The van der Waals surface area contributed by atoms with Crippen molar-refractivity contribution in [2.24, 2.45) is 11.7 Å². The smallest absolute Gasteiger partial charge is 0.229 e. The fourth-order valence-electron chi connectivity index (χ4n) is 3.15. The molecule has 2 unspecified atom stereocenters. The third-order valence-electron chi connectivity index (χ3n) is 4.52. The molecule has 1 fully saturated rings. The van der Waals surface area contributed by atoms with Crippen LogP contribution in [0.2, 0.25) is 0 Å². The summed E-state index contributed by atoms with van der Waals surface area (Å²) in [6, 6.07) is 9.75. The molecule has 3 N–H and O–H groups in total. The Morgan fingerprint density at radius 2 is 1.91 bits per heavy atom. The summed E-state index contributed by atoms with van der Waals surface area (Å²) in [4.78, 5) is 21.1. The molecule has 1 aromatic carbocycles. The van der Waals surface area contributed by atoms with Crippen LogP contribution in [0.4, 0.5) is 5.69 Å². The molecule has 0 spiro atoms. The Labute approximate surface area is 136 Å². The van der Waals surface area contributed by atoms with Crippen molar-refractivity contribution in [3.05, 3.63) is 42.7 Å². The van der Waals surface area contributed by atoms with E-state index in [4.69, 9.17) is 5.73 Å². The monoisotopic (exact) mass is 310 g/mol. The molecule has 1 aliphatic carbocycles. The maximum absolute atomic E-state index is 12.5. The second kappa shape index (κ2) is 6.46. The summed E-state index contributed by atoms with van der Waals surface area (Å²) < 4.78 is 0. The van der Waals surface area contributed by atoms with Gasteiger partial charge in [0.1, 0.15) is 0 Å². The Balaban J connectivity index is 1.70. The SMILES string of the molecule is CC1(N)CCCCC1C(=O)Nc1cnc(-c2ccccc2)nc1. The first kappa shape index (κ1) is 15.6. The lowest BCUT2D eigenvalue weighted by Gasteiger charge is -2.37. The van der Waals surface area contributed by atoms with Crippen LogP contribution in [-0.4, -0.2) is 21.4 Å². The fourth-order valence-corrected chi connectivity index (χ4v) is 3.15. The number of nitrogens with one attached hydrogen (secondary N) is 1. The largest absolute Gasteiger partial charge is 0.325 e. The lowest BCUT2D eigenvalue weighted by atomic mass is 9.74. The summed E-state index contributed by atoms with van der Waals surface area (Å²) in [5, 5.41) is 2.90. The Kier molecular flexibility index (Phi) is 4.39. The van der Waals surface area contributed by atoms with Crippen molar-refractivity contribution in [3.63, 3.8) is 0 Å². The van der Waals surface area contributed by atoms with E-state index in [9.17, 15) is 4.79 Å². The molecule has 1 amide bonds. The average molecular weight is 310 g/mol. The Morgan fingerprint density at radius 3 is 2.57 bits per heavy atom. The predicted octanol–water partition coefficient (Wildman–Crippen LogP) is 2.99. The average Bonchev–Trinajstić information content (AvgIpc) is 2.56. The first-order valence-corrected chi connectivity index (χ1v) is 8.03. The van der Waals surface area contributed by atoms with E-state index in [1.54, 1.807) is 12.4 Å². The van der Waals surface area contributed by atoms with E-state index >= 15 is 0 Å². The van der Waals surface area contributed by atoms with Gasteiger partial charge in [-0.1, -0.05) is 43.2 Å². The number of hydrogen-bond acceptors (Lipinski definition) is 4. The Hall–Kier alpha value is -2.27. The van der Waals surface area contributed by atoms with Crippen LogP contribution < -0.4 is 11.1 Å². The van der Waals surface area contributed by atoms with Crippen molar-refractivity contribution in [1.29, 1.82) is 0 Å². The lowest BCUT2D eigenvalue weighted by Crippen LogP contribution is -2.51. The molecule has 0 radical (unpaired) electrons. The van der Waals surface area contributed by atoms with E-state index in [2.05, 4.69) is 15.3 Å². The Bertz CT molecular complexity index is 667. The molecule has 5 heteroatoms. The molecule has 1 heterocycles. The first-order valence-electron chi connectivity index (χ1n) is 8.03. The van der Waals surface area contributed by atoms with Crippen LogP contribution in [0.5, 0.6) is 0 Å². The minimum atomic E-state index is -0.437. The van der Waals surface area contributed by atoms with E-state index in [0.717, 1.165) is 31.2 Å². The first-order chi connectivity index (χ1) is 11.1. The van der Waals surface area contributed by atoms with Gasteiger partial charge in [-0.15, -0.1) is 0 Å². The van der Waals surface area contributed by atoms with Crippen molar-refractivity contribution in [2.45, 2.75) is 38.1 Å². The molecular weight excluding hydrogens is 288 g/mol. The highest BCUT2D eigenvalue weighted by Gasteiger charge is 2.37. The third-order valence-corrected chi connectivity index (χ3v) is 4.52. The minimum absolute atomic E-state index is 0.0363. The minimum Gasteiger partial charge on any atom is -0.325 e. The van der Waals surface area contributed by atoms with Crippen molar-refractivity contribution in [1.82, 2.24) is 9.97 Å². The molecule has 2 aromatic rings. The van der Waals surface area contributed by atoms with Crippen molar-refractivity contribution >= 4 is 11.6 Å². The molecule has 0 bridgehead atoms. The topological polar surface area (TPSA) is 80.9 Å². The number of rotatable bonds is 3. The number of benzene rings is 1. The quantitative estimate of drug-likeness (QED) is 0.913. The van der Waals surface area contributed by atoms with Gasteiger partial charge in [-0.05, 0) is 19.8 Å². The van der Waals surface area contributed by atoms with Gasteiger partial charge in [0.25, 0.3) is 0 Å². The van der Waals surface area contributed by atoms with Crippen LogP contribution in [0.25, 0.3) is 11.4 Å².